The van der Waals surface area contributed by atoms with Crippen LogP contribution in [-0.4, -0.2) is 19.9 Å². The summed E-state index contributed by atoms with van der Waals surface area (Å²) >= 11 is 0. The highest BCUT2D eigenvalue weighted by molar-refractivity contribution is 5.79. The van der Waals surface area contributed by atoms with E-state index in [0.717, 1.165) is 16.7 Å². The first kappa shape index (κ1) is 11.0. The first-order valence-electron chi connectivity index (χ1n) is 5.52. The molecule has 7 nitrogen and oxygen atoms in total. The third-order valence-corrected chi connectivity index (χ3v) is 2.54. The molecule has 1 aromatic carbocycles. The van der Waals surface area contributed by atoms with E-state index in [9.17, 15) is 0 Å². The smallest absolute Gasteiger partial charge is 0.182 e. The van der Waals surface area contributed by atoms with Gasteiger partial charge in [-0.1, -0.05) is 0 Å². The summed E-state index contributed by atoms with van der Waals surface area (Å²) in [6.45, 7) is 0. The molecule has 0 atom stereocenters. The van der Waals surface area contributed by atoms with Crippen LogP contribution in [-0.2, 0) is 0 Å². The van der Waals surface area contributed by atoms with E-state index in [-0.39, 0.29) is 0 Å². The van der Waals surface area contributed by atoms with Gasteiger partial charge in [-0.15, -0.1) is 0 Å². The monoisotopic (exact) mass is 251 g/mol. The van der Waals surface area contributed by atoms with Crippen molar-refractivity contribution in [2.45, 2.75) is 0 Å². The molecule has 0 saturated carbocycles. The van der Waals surface area contributed by atoms with Crippen molar-refractivity contribution in [1.29, 1.82) is 5.26 Å². The molecule has 7 heteroatoms. The Morgan fingerprint density at radius 2 is 2.00 bits per heavy atom. The van der Waals surface area contributed by atoms with E-state index in [4.69, 9.17) is 5.26 Å². The molecule has 0 aliphatic heterocycles. The largest absolute Gasteiger partial charge is 0.345 e. The maximum Gasteiger partial charge on any atom is 0.182 e. The molecule has 0 saturated heterocycles. The summed E-state index contributed by atoms with van der Waals surface area (Å²) in [6.07, 6.45) is 4.85. The molecular formula is C12H9N7. The van der Waals surface area contributed by atoms with Gasteiger partial charge in [0.05, 0.1) is 17.4 Å². The fourth-order valence-corrected chi connectivity index (χ4v) is 1.71. The number of nitriles is 1. The lowest BCUT2D eigenvalue weighted by Gasteiger charge is -2.06. The van der Waals surface area contributed by atoms with Gasteiger partial charge >= 0.3 is 0 Å². The lowest BCUT2D eigenvalue weighted by molar-refractivity contribution is 1.17. The van der Waals surface area contributed by atoms with E-state index in [2.05, 4.69) is 30.6 Å². The minimum absolute atomic E-state index is 0.447. The van der Waals surface area contributed by atoms with Crippen molar-refractivity contribution < 1.29 is 0 Å². The molecule has 3 aromatic rings. The Kier molecular flexibility index (Phi) is 2.67. The minimum Gasteiger partial charge on any atom is -0.345 e. The van der Waals surface area contributed by atoms with Crippen molar-refractivity contribution in [2.75, 3.05) is 10.6 Å². The van der Waals surface area contributed by atoms with Gasteiger partial charge in [0.15, 0.2) is 6.19 Å². The first-order valence-corrected chi connectivity index (χ1v) is 5.52. The Morgan fingerprint density at radius 1 is 1.11 bits per heavy atom. The van der Waals surface area contributed by atoms with E-state index in [1.165, 1.54) is 6.33 Å². The molecule has 92 valence electrons. The second-order valence-electron chi connectivity index (χ2n) is 3.78. The van der Waals surface area contributed by atoms with E-state index < -0.39 is 0 Å². The molecule has 3 N–H and O–H groups in total. The van der Waals surface area contributed by atoms with Crippen molar-refractivity contribution in [1.82, 2.24) is 19.9 Å². The summed E-state index contributed by atoms with van der Waals surface area (Å²) in [6, 6.07) is 7.40. The molecule has 0 bridgehead atoms. The highest BCUT2D eigenvalue weighted by Crippen LogP contribution is 2.19. The Labute approximate surface area is 108 Å². The number of fused-ring (bicyclic) bond motifs is 1. The average Bonchev–Trinajstić information content (AvgIpc) is 2.87. The lowest BCUT2D eigenvalue weighted by atomic mass is 10.3. The van der Waals surface area contributed by atoms with Crippen LogP contribution < -0.4 is 10.6 Å². The summed E-state index contributed by atoms with van der Waals surface area (Å²) in [5, 5.41) is 14.1. The molecule has 0 amide bonds. The number of hydrogen-bond donors (Lipinski definition) is 3. The zero-order chi connectivity index (χ0) is 13.1. The number of hydrogen-bond acceptors (Lipinski definition) is 6. The second kappa shape index (κ2) is 4.62. The number of aromatic amines is 1. The van der Waals surface area contributed by atoms with Crippen LogP contribution in [0.5, 0.6) is 0 Å². The molecule has 0 aliphatic carbocycles. The third kappa shape index (κ3) is 2.28. The normalized spacial score (nSPS) is 10.1. The van der Waals surface area contributed by atoms with E-state index in [1.54, 1.807) is 12.4 Å². The summed E-state index contributed by atoms with van der Waals surface area (Å²) in [4.78, 5) is 15.2. The fourth-order valence-electron chi connectivity index (χ4n) is 1.71. The molecular weight excluding hydrogens is 242 g/mol. The van der Waals surface area contributed by atoms with Crippen molar-refractivity contribution in [3.63, 3.8) is 0 Å². The van der Waals surface area contributed by atoms with Crippen molar-refractivity contribution in [3.05, 3.63) is 36.9 Å². The van der Waals surface area contributed by atoms with E-state index in [0.29, 0.717) is 11.6 Å². The van der Waals surface area contributed by atoms with Gasteiger partial charge in [-0.3, -0.25) is 5.32 Å². The number of nitrogens with one attached hydrogen (secondary N) is 3. The SMILES string of the molecule is N#CNc1cc(Nc2ccc3nc[nH]c3c2)ncn1. The Balaban J connectivity index is 1.87. The minimum atomic E-state index is 0.447. The van der Waals surface area contributed by atoms with Gasteiger partial charge in [-0.2, -0.15) is 5.26 Å². The third-order valence-electron chi connectivity index (χ3n) is 2.54. The van der Waals surface area contributed by atoms with Gasteiger partial charge < -0.3 is 10.3 Å². The number of nitrogens with zero attached hydrogens (tertiary/aromatic N) is 4. The fraction of sp³-hybridized carbons (Fsp3) is 0. The van der Waals surface area contributed by atoms with Crippen LogP contribution in [0.4, 0.5) is 17.3 Å². The Bertz CT molecular complexity index is 756. The van der Waals surface area contributed by atoms with Gasteiger partial charge in [0, 0.05) is 11.8 Å². The van der Waals surface area contributed by atoms with Gasteiger partial charge in [0.1, 0.15) is 18.0 Å². The summed E-state index contributed by atoms with van der Waals surface area (Å²) in [5.41, 5.74) is 2.72. The molecule has 0 spiro atoms. The molecule has 0 radical (unpaired) electrons. The zero-order valence-corrected chi connectivity index (χ0v) is 9.75. The van der Waals surface area contributed by atoms with Gasteiger partial charge in [0.2, 0.25) is 0 Å². The maximum absolute atomic E-state index is 8.54. The zero-order valence-electron chi connectivity index (χ0n) is 9.75. The van der Waals surface area contributed by atoms with Crippen LogP contribution in [0.15, 0.2) is 36.9 Å². The number of benzene rings is 1. The van der Waals surface area contributed by atoms with Crippen LogP contribution >= 0.6 is 0 Å². The molecule has 3 rings (SSSR count). The van der Waals surface area contributed by atoms with Crippen LogP contribution in [0.25, 0.3) is 11.0 Å². The first-order chi connectivity index (χ1) is 9.35. The van der Waals surface area contributed by atoms with Crippen molar-refractivity contribution in [2.24, 2.45) is 0 Å². The standard InChI is InChI=1S/C12H9N7/c13-5-14-11-4-12(18-7-17-11)19-8-1-2-9-10(3-8)16-6-15-9/h1-4,6-7H,(H,15,16)(H2,14,17,18,19). The highest BCUT2D eigenvalue weighted by atomic mass is 15.1. The summed E-state index contributed by atoms with van der Waals surface area (Å²) in [7, 11) is 0. The molecule has 2 aromatic heterocycles. The molecule has 0 fully saturated rings. The van der Waals surface area contributed by atoms with Crippen LogP contribution in [0.2, 0.25) is 0 Å². The number of aromatic nitrogens is 4. The van der Waals surface area contributed by atoms with Crippen LogP contribution in [0, 0.1) is 11.5 Å². The van der Waals surface area contributed by atoms with Gasteiger partial charge in [-0.25, -0.2) is 15.0 Å². The summed E-state index contributed by atoms with van der Waals surface area (Å²) < 4.78 is 0. The topological polar surface area (TPSA) is 102 Å². The van der Waals surface area contributed by atoms with E-state index in [1.807, 2.05) is 24.4 Å². The average molecular weight is 251 g/mol. The van der Waals surface area contributed by atoms with E-state index >= 15 is 0 Å². The molecule has 2 heterocycles. The predicted octanol–water partition coefficient (Wildman–Crippen LogP) is 1.99. The van der Waals surface area contributed by atoms with Crippen molar-refractivity contribution >= 4 is 28.4 Å². The van der Waals surface area contributed by atoms with Gasteiger partial charge in [0.25, 0.3) is 0 Å². The predicted molar refractivity (Wildman–Crippen MR) is 70.6 cm³/mol. The van der Waals surface area contributed by atoms with Crippen molar-refractivity contribution in [3.8, 4) is 6.19 Å². The Morgan fingerprint density at radius 3 is 2.89 bits per heavy atom. The highest BCUT2D eigenvalue weighted by Gasteiger charge is 2.01. The summed E-state index contributed by atoms with van der Waals surface area (Å²) in [5.74, 6) is 1.05. The van der Waals surface area contributed by atoms with Crippen LogP contribution in [0.1, 0.15) is 0 Å². The van der Waals surface area contributed by atoms with Crippen LogP contribution in [0.3, 0.4) is 0 Å². The lowest BCUT2D eigenvalue weighted by Crippen LogP contribution is -1.97. The molecule has 0 aliphatic rings. The number of anilines is 3. The number of imidazole rings is 1. The number of H-pyrrole nitrogens is 1. The molecule has 19 heavy (non-hydrogen) atoms. The number of rotatable bonds is 3. The van der Waals surface area contributed by atoms with Gasteiger partial charge in [-0.05, 0) is 18.2 Å². The maximum atomic E-state index is 8.54. The quantitative estimate of drug-likeness (QED) is 0.486. The second-order valence-corrected chi connectivity index (χ2v) is 3.78. The Hall–Kier alpha value is -3.14. The molecule has 0 unspecified atom stereocenters.